The second kappa shape index (κ2) is 2.74. The molecule has 0 fully saturated rings. The molecule has 55 valence electrons. The molecular formula is C10H9S. The molecule has 1 atom stereocenters. The topological polar surface area (TPSA) is 0 Å². The zero-order chi connectivity index (χ0) is 7.68. The van der Waals surface area contributed by atoms with Gasteiger partial charge in [-0.3, -0.25) is 0 Å². The minimum absolute atomic E-state index is 0.487. The second-order valence-electron chi connectivity index (χ2n) is 2.76. The van der Waals surface area contributed by atoms with Crippen molar-refractivity contribution in [3.8, 4) is 0 Å². The first-order valence-electron chi connectivity index (χ1n) is 3.77. The van der Waals surface area contributed by atoms with Crippen LogP contribution in [0.1, 0.15) is 17.0 Å². The van der Waals surface area contributed by atoms with E-state index < -0.39 is 0 Å². The largest absolute Gasteiger partial charge is 0.0932 e. The molecule has 0 N–H and O–H groups in total. The number of allylic oxidation sites excluding steroid dienone is 1. The maximum Gasteiger partial charge on any atom is 0.0141 e. The molecule has 1 aromatic rings. The standard InChI is InChI=1S/C10H9S/c11-7-9-6-5-8-3-1-2-4-10(8)9/h1-6,9H,7H2. The molecule has 1 heteroatoms. The van der Waals surface area contributed by atoms with E-state index in [1.54, 1.807) is 0 Å². The van der Waals surface area contributed by atoms with Gasteiger partial charge in [-0.15, -0.1) is 0 Å². The SMILES string of the molecule is [S]CC1C=Cc2ccccc21. The van der Waals surface area contributed by atoms with E-state index in [0.717, 1.165) is 5.75 Å². The Balaban J connectivity index is 2.46. The lowest BCUT2D eigenvalue weighted by Crippen LogP contribution is -1.92. The van der Waals surface area contributed by atoms with Crippen LogP contribution >= 0.6 is 12.6 Å². The van der Waals surface area contributed by atoms with Gasteiger partial charge >= 0.3 is 0 Å². The fourth-order valence-electron chi connectivity index (χ4n) is 1.47. The van der Waals surface area contributed by atoms with E-state index in [-0.39, 0.29) is 0 Å². The first-order valence-corrected chi connectivity index (χ1v) is 4.35. The van der Waals surface area contributed by atoms with Gasteiger partial charge in [0.05, 0.1) is 0 Å². The van der Waals surface area contributed by atoms with Gasteiger partial charge in [0.2, 0.25) is 0 Å². The predicted octanol–water partition coefficient (Wildman–Crippen LogP) is 2.99. The summed E-state index contributed by atoms with van der Waals surface area (Å²) in [5.74, 6) is 1.29. The van der Waals surface area contributed by atoms with Crippen molar-refractivity contribution in [2.45, 2.75) is 5.92 Å². The number of fused-ring (bicyclic) bond motifs is 1. The Bertz CT molecular complexity index is 289. The van der Waals surface area contributed by atoms with Crippen molar-refractivity contribution in [1.82, 2.24) is 0 Å². The Hall–Kier alpha value is -0.690. The lowest BCUT2D eigenvalue weighted by atomic mass is 10.0. The van der Waals surface area contributed by atoms with Crippen LogP contribution in [0.3, 0.4) is 0 Å². The first kappa shape index (κ1) is 6.99. The normalized spacial score (nSPS) is 20.3. The van der Waals surface area contributed by atoms with E-state index in [2.05, 4.69) is 36.4 Å². The summed E-state index contributed by atoms with van der Waals surface area (Å²) < 4.78 is 0. The van der Waals surface area contributed by atoms with Gasteiger partial charge in [-0.2, -0.15) is 0 Å². The zero-order valence-corrected chi connectivity index (χ0v) is 6.97. The van der Waals surface area contributed by atoms with E-state index in [1.165, 1.54) is 11.1 Å². The molecule has 1 aliphatic carbocycles. The van der Waals surface area contributed by atoms with Gasteiger partial charge in [0.25, 0.3) is 0 Å². The van der Waals surface area contributed by atoms with Crippen LogP contribution in [0.5, 0.6) is 0 Å². The average Bonchev–Trinajstić information content (AvgIpc) is 2.47. The van der Waals surface area contributed by atoms with Crippen LogP contribution in [0.25, 0.3) is 6.08 Å². The zero-order valence-electron chi connectivity index (χ0n) is 6.16. The maximum absolute atomic E-state index is 5.04. The van der Waals surface area contributed by atoms with E-state index in [9.17, 15) is 0 Å². The van der Waals surface area contributed by atoms with E-state index in [0.29, 0.717) is 5.92 Å². The molecule has 1 unspecified atom stereocenters. The minimum Gasteiger partial charge on any atom is -0.0932 e. The Kier molecular flexibility index (Phi) is 1.74. The van der Waals surface area contributed by atoms with Crippen molar-refractivity contribution < 1.29 is 0 Å². The van der Waals surface area contributed by atoms with Gasteiger partial charge in [-0.25, -0.2) is 0 Å². The van der Waals surface area contributed by atoms with Crippen molar-refractivity contribution in [2.75, 3.05) is 5.75 Å². The maximum atomic E-state index is 5.04. The van der Waals surface area contributed by atoms with E-state index in [4.69, 9.17) is 12.6 Å². The monoisotopic (exact) mass is 161 g/mol. The van der Waals surface area contributed by atoms with Crippen molar-refractivity contribution in [3.05, 3.63) is 41.5 Å². The highest BCUT2D eigenvalue weighted by Crippen LogP contribution is 2.29. The first-order chi connectivity index (χ1) is 5.42. The molecule has 1 aromatic carbocycles. The van der Waals surface area contributed by atoms with Gasteiger partial charge in [0, 0.05) is 11.7 Å². The number of benzene rings is 1. The minimum atomic E-state index is 0.487. The fourth-order valence-corrected chi connectivity index (χ4v) is 1.76. The van der Waals surface area contributed by atoms with Crippen molar-refractivity contribution in [1.29, 1.82) is 0 Å². The molecule has 0 saturated carbocycles. The highest BCUT2D eigenvalue weighted by Gasteiger charge is 2.14. The van der Waals surface area contributed by atoms with Crippen LogP contribution in [0.4, 0.5) is 0 Å². The van der Waals surface area contributed by atoms with Gasteiger partial charge < -0.3 is 0 Å². The van der Waals surface area contributed by atoms with Crippen LogP contribution < -0.4 is 0 Å². The summed E-state index contributed by atoms with van der Waals surface area (Å²) in [4.78, 5) is 0. The summed E-state index contributed by atoms with van der Waals surface area (Å²) in [6, 6.07) is 8.43. The molecule has 2 rings (SSSR count). The third-order valence-electron chi connectivity index (χ3n) is 2.08. The molecule has 0 nitrogen and oxygen atoms in total. The third kappa shape index (κ3) is 1.10. The van der Waals surface area contributed by atoms with Crippen LogP contribution in [0, 0.1) is 0 Å². The van der Waals surface area contributed by atoms with E-state index >= 15 is 0 Å². The summed E-state index contributed by atoms with van der Waals surface area (Å²) in [5.41, 5.74) is 2.73. The molecule has 1 radical (unpaired) electrons. The highest BCUT2D eigenvalue weighted by molar-refractivity contribution is 7.80. The van der Waals surface area contributed by atoms with Crippen molar-refractivity contribution in [3.63, 3.8) is 0 Å². The fraction of sp³-hybridized carbons (Fsp3) is 0.200. The molecule has 0 aliphatic heterocycles. The Morgan fingerprint density at radius 1 is 1.27 bits per heavy atom. The van der Waals surface area contributed by atoms with Crippen LogP contribution in [-0.4, -0.2) is 5.75 Å². The van der Waals surface area contributed by atoms with Gasteiger partial charge in [-0.05, 0) is 11.1 Å². The van der Waals surface area contributed by atoms with Crippen LogP contribution in [-0.2, 0) is 0 Å². The second-order valence-corrected chi connectivity index (χ2v) is 3.09. The summed E-state index contributed by atoms with van der Waals surface area (Å²) in [6.07, 6.45) is 4.35. The number of hydrogen-bond acceptors (Lipinski definition) is 0. The molecule has 0 spiro atoms. The quantitative estimate of drug-likeness (QED) is 0.594. The van der Waals surface area contributed by atoms with Crippen molar-refractivity contribution in [2.24, 2.45) is 0 Å². The van der Waals surface area contributed by atoms with Gasteiger partial charge in [-0.1, -0.05) is 49.0 Å². The molecule has 1 aliphatic rings. The van der Waals surface area contributed by atoms with E-state index in [1.807, 2.05) is 0 Å². The highest BCUT2D eigenvalue weighted by atomic mass is 32.1. The predicted molar refractivity (Wildman–Crippen MR) is 50.7 cm³/mol. The average molecular weight is 161 g/mol. The van der Waals surface area contributed by atoms with Gasteiger partial charge in [0.1, 0.15) is 0 Å². The Morgan fingerprint density at radius 3 is 2.91 bits per heavy atom. The molecule has 0 bridgehead atoms. The molecule has 11 heavy (non-hydrogen) atoms. The smallest absolute Gasteiger partial charge is 0.0141 e. The number of rotatable bonds is 1. The molecule has 0 heterocycles. The molecule has 0 amide bonds. The summed E-state index contributed by atoms with van der Waals surface area (Å²) in [7, 11) is 0. The van der Waals surface area contributed by atoms with Crippen LogP contribution in [0.2, 0.25) is 0 Å². The summed E-state index contributed by atoms with van der Waals surface area (Å²) >= 11 is 5.04. The van der Waals surface area contributed by atoms with Crippen LogP contribution in [0.15, 0.2) is 30.3 Å². The summed E-state index contributed by atoms with van der Waals surface area (Å²) in [5, 5.41) is 0. The Labute approximate surface area is 72.4 Å². The summed E-state index contributed by atoms with van der Waals surface area (Å²) in [6.45, 7) is 0. The molecular weight excluding hydrogens is 152 g/mol. The number of hydrogen-bond donors (Lipinski definition) is 0. The lowest BCUT2D eigenvalue weighted by Gasteiger charge is -2.05. The van der Waals surface area contributed by atoms with Crippen molar-refractivity contribution >= 4 is 18.7 Å². The Morgan fingerprint density at radius 2 is 2.09 bits per heavy atom. The molecule has 0 aromatic heterocycles. The lowest BCUT2D eigenvalue weighted by molar-refractivity contribution is 1.01. The molecule has 0 saturated heterocycles. The third-order valence-corrected chi connectivity index (χ3v) is 2.44. The van der Waals surface area contributed by atoms with Gasteiger partial charge in [0.15, 0.2) is 0 Å².